The van der Waals surface area contributed by atoms with Crippen molar-refractivity contribution in [2.24, 2.45) is 0 Å². The zero-order valence-corrected chi connectivity index (χ0v) is 15.9. The molecule has 142 valence electrons. The van der Waals surface area contributed by atoms with Crippen molar-refractivity contribution in [3.63, 3.8) is 0 Å². The molecule has 1 saturated carbocycles. The Bertz CT molecular complexity index is 756. The standard InChI is InChI=1S/C23H28N2O2/c1-27-20-9-5-6-18(15-20)14-17-10-12-25(13-11-17)23(26)24-22-16-21(22)19-7-3-2-4-8-19/h2-9,14,20-22H,10-13,15-16H2,1H3,(H,24,26). The van der Waals surface area contributed by atoms with E-state index in [-0.39, 0.29) is 12.1 Å². The first-order chi connectivity index (χ1) is 13.2. The zero-order chi connectivity index (χ0) is 18.6. The number of likely N-dealkylation sites (tertiary alicyclic amines) is 1. The predicted octanol–water partition coefficient (Wildman–Crippen LogP) is 4.18. The largest absolute Gasteiger partial charge is 0.377 e. The number of carbonyl (C=O) groups is 1. The number of nitrogens with one attached hydrogen (secondary N) is 1. The molecule has 4 nitrogen and oxygen atoms in total. The third-order valence-electron chi connectivity index (χ3n) is 5.79. The van der Waals surface area contributed by atoms with Gasteiger partial charge in [-0.05, 0) is 30.4 Å². The molecule has 0 aromatic heterocycles. The van der Waals surface area contributed by atoms with Crippen LogP contribution in [0.2, 0.25) is 0 Å². The molecule has 4 heteroatoms. The second kappa shape index (κ2) is 8.13. The minimum Gasteiger partial charge on any atom is -0.377 e. The van der Waals surface area contributed by atoms with Crippen molar-refractivity contribution in [3.8, 4) is 0 Å². The van der Waals surface area contributed by atoms with E-state index in [1.807, 2.05) is 11.0 Å². The van der Waals surface area contributed by atoms with Crippen LogP contribution in [0.15, 0.2) is 65.8 Å². The first-order valence-electron chi connectivity index (χ1n) is 9.93. The van der Waals surface area contributed by atoms with Crippen molar-refractivity contribution in [3.05, 3.63) is 71.3 Å². The van der Waals surface area contributed by atoms with E-state index in [0.29, 0.717) is 12.0 Å². The van der Waals surface area contributed by atoms with Gasteiger partial charge in [-0.25, -0.2) is 4.79 Å². The van der Waals surface area contributed by atoms with Crippen LogP contribution in [0.5, 0.6) is 0 Å². The molecule has 0 bridgehead atoms. The van der Waals surface area contributed by atoms with E-state index in [1.165, 1.54) is 16.7 Å². The maximum absolute atomic E-state index is 12.6. The van der Waals surface area contributed by atoms with Crippen LogP contribution in [0.4, 0.5) is 4.79 Å². The number of methoxy groups -OCH3 is 1. The fourth-order valence-corrected chi connectivity index (χ4v) is 4.02. The zero-order valence-electron chi connectivity index (χ0n) is 15.9. The first-order valence-corrected chi connectivity index (χ1v) is 9.93. The number of amides is 2. The molecule has 3 atom stereocenters. The monoisotopic (exact) mass is 364 g/mol. The van der Waals surface area contributed by atoms with Crippen molar-refractivity contribution in [1.82, 2.24) is 10.2 Å². The van der Waals surface area contributed by atoms with Crippen molar-refractivity contribution in [2.45, 2.75) is 43.7 Å². The molecular formula is C23H28N2O2. The van der Waals surface area contributed by atoms with Gasteiger partial charge in [0.05, 0.1) is 6.10 Å². The fourth-order valence-electron chi connectivity index (χ4n) is 4.02. The number of hydrogen-bond donors (Lipinski definition) is 1. The lowest BCUT2D eigenvalue weighted by atomic mass is 9.96. The minimum atomic E-state index is 0.0942. The Morgan fingerprint density at radius 1 is 1.22 bits per heavy atom. The van der Waals surface area contributed by atoms with E-state index in [0.717, 1.165) is 38.8 Å². The molecule has 4 rings (SSSR count). The van der Waals surface area contributed by atoms with Gasteiger partial charge in [0, 0.05) is 38.6 Å². The van der Waals surface area contributed by atoms with Crippen LogP contribution in [0.25, 0.3) is 0 Å². The van der Waals surface area contributed by atoms with Crippen LogP contribution in [-0.4, -0.2) is 43.3 Å². The lowest BCUT2D eigenvalue weighted by Crippen LogP contribution is -2.44. The van der Waals surface area contributed by atoms with Crippen LogP contribution in [0, 0.1) is 0 Å². The summed E-state index contributed by atoms with van der Waals surface area (Å²) >= 11 is 0. The maximum atomic E-state index is 12.6. The molecule has 3 aliphatic rings. The Morgan fingerprint density at radius 3 is 2.74 bits per heavy atom. The van der Waals surface area contributed by atoms with Crippen molar-refractivity contribution in [1.29, 1.82) is 0 Å². The smallest absolute Gasteiger partial charge is 0.317 e. The van der Waals surface area contributed by atoms with Crippen LogP contribution in [-0.2, 0) is 4.74 Å². The summed E-state index contributed by atoms with van der Waals surface area (Å²) in [6.07, 6.45) is 12.7. The average molecular weight is 364 g/mol. The molecule has 27 heavy (non-hydrogen) atoms. The molecule has 2 fully saturated rings. The van der Waals surface area contributed by atoms with Crippen LogP contribution in [0.1, 0.15) is 37.2 Å². The van der Waals surface area contributed by atoms with E-state index in [2.05, 4.69) is 53.9 Å². The Labute approximate surface area is 161 Å². The molecule has 0 spiro atoms. The highest BCUT2D eigenvalue weighted by Gasteiger charge is 2.40. The molecule has 1 aliphatic heterocycles. The van der Waals surface area contributed by atoms with Gasteiger partial charge >= 0.3 is 6.03 Å². The number of rotatable bonds is 4. The summed E-state index contributed by atoms with van der Waals surface area (Å²) < 4.78 is 5.42. The van der Waals surface area contributed by atoms with Crippen LogP contribution < -0.4 is 5.32 Å². The number of urea groups is 1. The highest BCUT2D eigenvalue weighted by molar-refractivity contribution is 5.75. The van der Waals surface area contributed by atoms with Crippen molar-refractivity contribution >= 4 is 6.03 Å². The summed E-state index contributed by atoms with van der Waals surface area (Å²) in [5, 5.41) is 3.21. The van der Waals surface area contributed by atoms with Gasteiger partial charge in [-0.2, -0.15) is 0 Å². The molecule has 1 aromatic carbocycles. The quantitative estimate of drug-likeness (QED) is 0.871. The second-order valence-corrected chi connectivity index (χ2v) is 7.70. The minimum absolute atomic E-state index is 0.0942. The lowest BCUT2D eigenvalue weighted by molar-refractivity contribution is 0.141. The van der Waals surface area contributed by atoms with Gasteiger partial charge < -0.3 is 15.0 Å². The van der Waals surface area contributed by atoms with E-state index < -0.39 is 0 Å². The van der Waals surface area contributed by atoms with Gasteiger partial charge in [0.1, 0.15) is 0 Å². The molecule has 3 unspecified atom stereocenters. The Balaban J connectivity index is 1.25. The molecule has 2 amide bonds. The first kappa shape index (κ1) is 18.1. The predicted molar refractivity (Wildman–Crippen MR) is 108 cm³/mol. The summed E-state index contributed by atoms with van der Waals surface area (Å²) in [4.78, 5) is 14.5. The maximum Gasteiger partial charge on any atom is 0.317 e. The normalized spacial score (nSPS) is 27.1. The van der Waals surface area contributed by atoms with Gasteiger partial charge in [-0.15, -0.1) is 0 Å². The molecule has 1 N–H and O–H groups in total. The van der Waals surface area contributed by atoms with Crippen LogP contribution in [0.3, 0.4) is 0 Å². The number of allylic oxidation sites excluding steroid dienone is 3. The Morgan fingerprint density at radius 2 is 2.00 bits per heavy atom. The molecule has 1 saturated heterocycles. The number of piperidine rings is 1. The number of ether oxygens (including phenoxy) is 1. The number of nitrogens with zero attached hydrogens (tertiary/aromatic N) is 1. The summed E-state index contributed by atoms with van der Waals surface area (Å²) in [7, 11) is 1.75. The average Bonchev–Trinajstić information content (AvgIpc) is 3.48. The van der Waals surface area contributed by atoms with E-state index >= 15 is 0 Å². The molecule has 0 radical (unpaired) electrons. The summed E-state index contributed by atoms with van der Waals surface area (Å²) in [5.74, 6) is 0.482. The summed E-state index contributed by atoms with van der Waals surface area (Å²) in [6, 6.07) is 10.9. The number of carbonyl (C=O) groups excluding carboxylic acids is 1. The van der Waals surface area contributed by atoms with Crippen molar-refractivity contribution < 1.29 is 9.53 Å². The van der Waals surface area contributed by atoms with Crippen molar-refractivity contribution in [2.75, 3.05) is 20.2 Å². The molecule has 1 aromatic rings. The fraction of sp³-hybridized carbons (Fsp3) is 0.435. The van der Waals surface area contributed by atoms with Crippen LogP contribution >= 0.6 is 0 Å². The third kappa shape index (κ3) is 4.51. The van der Waals surface area contributed by atoms with Gasteiger partial charge in [-0.1, -0.05) is 60.2 Å². The second-order valence-electron chi connectivity index (χ2n) is 7.70. The highest BCUT2D eigenvalue weighted by Crippen LogP contribution is 2.40. The van der Waals surface area contributed by atoms with E-state index in [9.17, 15) is 4.79 Å². The topological polar surface area (TPSA) is 41.6 Å². The van der Waals surface area contributed by atoms with Gasteiger partial charge in [0.2, 0.25) is 0 Å². The summed E-state index contributed by atoms with van der Waals surface area (Å²) in [5.41, 5.74) is 4.08. The van der Waals surface area contributed by atoms with Gasteiger partial charge in [0.25, 0.3) is 0 Å². The third-order valence-corrected chi connectivity index (χ3v) is 5.79. The number of hydrogen-bond acceptors (Lipinski definition) is 2. The molecule has 1 heterocycles. The summed E-state index contributed by atoms with van der Waals surface area (Å²) in [6.45, 7) is 1.61. The van der Waals surface area contributed by atoms with Gasteiger partial charge in [0.15, 0.2) is 0 Å². The molecule has 2 aliphatic carbocycles. The lowest BCUT2D eigenvalue weighted by Gasteiger charge is -2.29. The highest BCUT2D eigenvalue weighted by atomic mass is 16.5. The SMILES string of the molecule is COC1C=CC=C(C=C2CCN(C(=O)NC3CC3c3ccccc3)CC2)C1. The number of benzene rings is 1. The van der Waals surface area contributed by atoms with E-state index in [4.69, 9.17) is 4.74 Å². The van der Waals surface area contributed by atoms with E-state index in [1.54, 1.807) is 7.11 Å². The Kier molecular flexibility index (Phi) is 5.44. The Hall–Kier alpha value is -2.33. The molecular weight excluding hydrogens is 336 g/mol. The van der Waals surface area contributed by atoms with Gasteiger partial charge in [-0.3, -0.25) is 0 Å².